The summed E-state index contributed by atoms with van der Waals surface area (Å²) in [6, 6.07) is -0.401. The Bertz CT molecular complexity index is 397. The van der Waals surface area contributed by atoms with Gasteiger partial charge in [-0.25, -0.2) is 4.79 Å². The van der Waals surface area contributed by atoms with Crippen molar-refractivity contribution in [2.24, 2.45) is 11.3 Å². The maximum atomic E-state index is 12.2. The number of carbonyl (C=O) groups is 2. The third-order valence-electron chi connectivity index (χ3n) is 4.48. The maximum absolute atomic E-state index is 12.2. The highest BCUT2D eigenvalue weighted by atomic mass is 16.5. The molecule has 2 rings (SSSR count). The van der Waals surface area contributed by atoms with Crippen molar-refractivity contribution in [3.8, 4) is 0 Å². The van der Waals surface area contributed by atoms with Crippen LogP contribution in [0.4, 0.5) is 4.79 Å². The summed E-state index contributed by atoms with van der Waals surface area (Å²) in [4.78, 5) is 24.8. The van der Waals surface area contributed by atoms with Gasteiger partial charge in [-0.15, -0.1) is 0 Å². The van der Waals surface area contributed by atoms with Crippen molar-refractivity contribution < 1.29 is 19.4 Å². The van der Waals surface area contributed by atoms with Gasteiger partial charge >= 0.3 is 12.0 Å². The number of carboxylic acid groups (broad SMARTS) is 1. The average molecular weight is 284 g/mol. The van der Waals surface area contributed by atoms with Gasteiger partial charge in [0.2, 0.25) is 0 Å². The first-order chi connectivity index (χ1) is 9.30. The Morgan fingerprint density at radius 3 is 2.60 bits per heavy atom. The number of ether oxygens (including phenoxy) is 1. The van der Waals surface area contributed by atoms with E-state index >= 15 is 0 Å². The minimum absolute atomic E-state index is 0.175. The summed E-state index contributed by atoms with van der Waals surface area (Å²) in [7, 11) is 1.64. The summed E-state index contributed by atoms with van der Waals surface area (Å²) in [5, 5.41) is 12.1. The lowest BCUT2D eigenvalue weighted by atomic mass is 9.92. The summed E-state index contributed by atoms with van der Waals surface area (Å²) in [5.41, 5.74) is 0.274. The number of nitrogens with zero attached hydrogens (tertiary/aromatic N) is 1. The molecule has 114 valence electrons. The number of carboxylic acids is 1. The molecule has 0 aromatic heterocycles. The fourth-order valence-corrected chi connectivity index (χ4v) is 3.15. The van der Waals surface area contributed by atoms with Gasteiger partial charge in [0.1, 0.15) is 5.92 Å². The molecule has 1 saturated carbocycles. The number of urea groups is 1. The van der Waals surface area contributed by atoms with Gasteiger partial charge < -0.3 is 20.1 Å². The van der Waals surface area contributed by atoms with Gasteiger partial charge in [-0.2, -0.15) is 0 Å². The summed E-state index contributed by atoms with van der Waals surface area (Å²) < 4.78 is 5.20. The molecular formula is C14H24N2O4. The lowest BCUT2D eigenvalue weighted by Gasteiger charge is -2.28. The van der Waals surface area contributed by atoms with Gasteiger partial charge in [0.15, 0.2) is 0 Å². The van der Waals surface area contributed by atoms with Crippen LogP contribution in [0.3, 0.4) is 0 Å². The molecule has 20 heavy (non-hydrogen) atoms. The van der Waals surface area contributed by atoms with E-state index in [1.54, 1.807) is 7.05 Å². The molecule has 3 unspecified atom stereocenters. The van der Waals surface area contributed by atoms with E-state index in [4.69, 9.17) is 9.84 Å². The molecular weight excluding hydrogens is 260 g/mol. The van der Waals surface area contributed by atoms with Gasteiger partial charge in [0.05, 0.1) is 19.3 Å². The normalized spacial score (nSPS) is 32.0. The lowest BCUT2D eigenvalue weighted by Crippen LogP contribution is -2.50. The van der Waals surface area contributed by atoms with Crippen molar-refractivity contribution in [2.45, 2.75) is 45.2 Å². The van der Waals surface area contributed by atoms with Crippen LogP contribution in [0.15, 0.2) is 0 Å². The van der Waals surface area contributed by atoms with E-state index in [1.165, 1.54) is 4.90 Å². The number of aliphatic carboxylic acids is 1. The minimum Gasteiger partial charge on any atom is -0.481 e. The second kappa shape index (κ2) is 5.60. The first-order valence-corrected chi connectivity index (χ1v) is 7.14. The van der Waals surface area contributed by atoms with Crippen molar-refractivity contribution >= 4 is 12.0 Å². The van der Waals surface area contributed by atoms with Crippen molar-refractivity contribution in [3.63, 3.8) is 0 Å². The first kappa shape index (κ1) is 15.1. The molecule has 2 fully saturated rings. The lowest BCUT2D eigenvalue weighted by molar-refractivity contribution is -0.142. The molecule has 1 aliphatic carbocycles. The van der Waals surface area contributed by atoms with E-state index in [1.807, 2.05) is 0 Å². The van der Waals surface area contributed by atoms with Crippen LogP contribution >= 0.6 is 0 Å². The molecule has 6 nitrogen and oxygen atoms in total. The van der Waals surface area contributed by atoms with Crippen LogP contribution in [-0.4, -0.2) is 54.4 Å². The summed E-state index contributed by atoms with van der Waals surface area (Å²) >= 11 is 0. The van der Waals surface area contributed by atoms with Gasteiger partial charge in [0.25, 0.3) is 0 Å². The molecule has 1 aliphatic heterocycles. The van der Waals surface area contributed by atoms with Gasteiger partial charge in [0, 0.05) is 13.1 Å². The molecule has 2 amide bonds. The predicted molar refractivity (Wildman–Crippen MR) is 73.4 cm³/mol. The zero-order valence-corrected chi connectivity index (χ0v) is 12.4. The van der Waals surface area contributed by atoms with Crippen molar-refractivity contribution in [1.82, 2.24) is 10.2 Å². The van der Waals surface area contributed by atoms with Crippen LogP contribution in [0.2, 0.25) is 0 Å². The fourth-order valence-electron chi connectivity index (χ4n) is 3.15. The molecule has 3 atom stereocenters. The number of hydrogen-bond donors (Lipinski definition) is 2. The van der Waals surface area contributed by atoms with Crippen LogP contribution in [0.1, 0.15) is 33.1 Å². The highest BCUT2D eigenvalue weighted by molar-refractivity contribution is 5.77. The van der Waals surface area contributed by atoms with Gasteiger partial charge in [-0.3, -0.25) is 4.79 Å². The Balaban J connectivity index is 1.90. The third kappa shape index (κ3) is 3.23. The molecule has 0 bridgehead atoms. The summed E-state index contributed by atoms with van der Waals surface area (Å²) in [6.45, 7) is 4.87. The number of amides is 2. The van der Waals surface area contributed by atoms with E-state index in [0.29, 0.717) is 0 Å². The van der Waals surface area contributed by atoms with Crippen LogP contribution < -0.4 is 5.32 Å². The Hall–Kier alpha value is -1.30. The van der Waals surface area contributed by atoms with Crippen LogP contribution in [0.25, 0.3) is 0 Å². The molecule has 6 heteroatoms. The third-order valence-corrected chi connectivity index (χ3v) is 4.48. The molecule has 0 radical (unpaired) electrons. The highest BCUT2D eigenvalue weighted by Crippen LogP contribution is 2.37. The average Bonchev–Trinajstić information content (AvgIpc) is 2.94. The minimum atomic E-state index is -0.908. The second-order valence-corrected chi connectivity index (χ2v) is 6.71. The molecule has 2 N–H and O–H groups in total. The monoisotopic (exact) mass is 284 g/mol. The zero-order valence-electron chi connectivity index (χ0n) is 12.4. The first-order valence-electron chi connectivity index (χ1n) is 7.14. The SMILES string of the molecule is CN(C(=O)NC1CCC(C)(C)C1)C1COCC1C(=O)O. The van der Waals surface area contributed by atoms with E-state index in [-0.39, 0.29) is 36.7 Å². The smallest absolute Gasteiger partial charge is 0.317 e. The summed E-state index contributed by atoms with van der Waals surface area (Å²) in [6.07, 6.45) is 3.05. The van der Waals surface area contributed by atoms with Crippen LogP contribution in [-0.2, 0) is 9.53 Å². The highest BCUT2D eigenvalue weighted by Gasteiger charge is 2.39. The van der Waals surface area contributed by atoms with E-state index in [2.05, 4.69) is 19.2 Å². The quantitative estimate of drug-likeness (QED) is 0.819. The molecule has 0 aromatic rings. The molecule has 0 spiro atoms. The Labute approximate surface area is 119 Å². The number of likely N-dealkylation sites (N-methyl/N-ethyl adjacent to an activating group) is 1. The number of carbonyl (C=O) groups excluding carboxylic acids is 1. The standard InChI is InChI=1S/C14H24N2O4/c1-14(2)5-4-9(6-14)15-13(19)16(3)11-8-20-7-10(11)12(17)18/h9-11H,4-8H2,1-3H3,(H,15,19)(H,17,18). The second-order valence-electron chi connectivity index (χ2n) is 6.71. The van der Waals surface area contributed by atoms with E-state index < -0.39 is 11.9 Å². The summed E-state index contributed by atoms with van der Waals surface area (Å²) in [5.74, 6) is -1.54. The fraction of sp³-hybridized carbons (Fsp3) is 0.857. The van der Waals surface area contributed by atoms with Crippen molar-refractivity contribution in [1.29, 1.82) is 0 Å². The van der Waals surface area contributed by atoms with Crippen molar-refractivity contribution in [3.05, 3.63) is 0 Å². The molecule has 1 saturated heterocycles. The Kier molecular flexibility index (Phi) is 4.22. The number of nitrogens with one attached hydrogen (secondary N) is 1. The van der Waals surface area contributed by atoms with Crippen LogP contribution in [0.5, 0.6) is 0 Å². The number of rotatable bonds is 3. The zero-order chi connectivity index (χ0) is 14.9. The maximum Gasteiger partial charge on any atom is 0.317 e. The largest absolute Gasteiger partial charge is 0.481 e. The molecule has 2 aliphatic rings. The van der Waals surface area contributed by atoms with Gasteiger partial charge in [-0.1, -0.05) is 13.8 Å². The van der Waals surface area contributed by atoms with E-state index in [0.717, 1.165) is 19.3 Å². The topological polar surface area (TPSA) is 78.9 Å². The van der Waals surface area contributed by atoms with Gasteiger partial charge in [-0.05, 0) is 24.7 Å². The van der Waals surface area contributed by atoms with E-state index in [9.17, 15) is 9.59 Å². The predicted octanol–water partition coefficient (Wildman–Crippen LogP) is 1.31. The molecule has 0 aromatic carbocycles. The van der Waals surface area contributed by atoms with Crippen LogP contribution in [0, 0.1) is 11.3 Å². The number of hydrogen-bond acceptors (Lipinski definition) is 3. The molecule has 1 heterocycles. The Morgan fingerprint density at radius 1 is 1.35 bits per heavy atom. The Morgan fingerprint density at radius 2 is 2.05 bits per heavy atom. The van der Waals surface area contributed by atoms with Crippen molar-refractivity contribution in [2.75, 3.05) is 20.3 Å².